The van der Waals surface area contributed by atoms with Crippen molar-refractivity contribution in [3.05, 3.63) is 48.0 Å². The van der Waals surface area contributed by atoms with Crippen molar-refractivity contribution in [2.24, 2.45) is 10.8 Å². The molecule has 1 aromatic rings. The Morgan fingerprint density at radius 1 is 1.08 bits per heavy atom. The van der Waals surface area contributed by atoms with Crippen LogP contribution in [0.1, 0.15) is 47.1 Å². The van der Waals surface area contributed by atoms with Gasteiger partial charge in [-0.3, -0.25) is 4.79 Å². The summed E-state index contributed by atoms with van der Waals surface area (Å²) in [5.41, 5.74) is -2.03. The maximum absolute atomic E-state index is 12.8. The monoisotopic (exact) mass is 341 g/mol. The Hall–Kier alpha value is -2.41. The molecular weight excluding hydrogens is 314 g/mol. The van der Waals surface area contributed by atoms with E-state index in [1.165, 1.54) is 12.2 Å². The lowest BCUT2D eigenvalue weighted by Crippen LogP contribution is -2.37. The second kappa shape index (κ2) is 7.65. The summed E-state index contributed by atoms with van der Waals surface area (Å²) in [6, 6.07) is 11.3. The molecule has 0 fully saturated rings. The van der Waals surface area contributed by atoms with E-state index in [0.717, 1.165) is 5.56 Å². The topological polar surface area (TPSA) is 67.2 Å². The molecule has 0 spiro atoms. The zero-order chi connectivity index (χ0) is 19.3. The number of allylic oxidation sites excluding steroid dienone is 1. The van der Waals surface area contributed by atoms with Gasteiger partial charge in [-0.1, -0.05) is 51.1 Å². The summed E-state index contributed by atoms with van der Waals surface area (Å²) in [5.74, 6) is -0.798. The highest BCUT2D eigenvalue weighted by Crippen LogP contribution is 2.29. The largest absolute Gasteiger partial charge is 0.459 e. The van der Waals surface area contributed by atoms with Gasteiger partial charge in [-0.15, -0.1) is 0 Å². The van der Waals surface area contributed by atoms with E-state index < -0.39 is 22.4 Å². The van der Waals surface area contributed by atoms with E-state index in [4.69, 9.17) is 4.74 Å². The Bertz CT molecular complexity index is 685. The number of nitriles is 1. The quantitative estimate of drug-likeness (QED) is 0.593. The van der Waals surface area contributed by atoms with Crippen molar-refractivity contribution in [3.63, 3.8) is 0 Å². The number of carbonyl (C=O) groups is 2. The van der Waals surface area contributed by atoms with Gasteiger partial charge in [0.15, 0.2) is 11.2 Å². The Labute approximate surface area is 150 Å². The van der Waals surface area contributed by atoms with Gasteiger partial charge in [0.25, 0.3) is 0 Å². The van der Waals surface area contributed by atoms with Gasteiger partial charge in [0, 0.05) is 11.8 Å². The van der Waals surface area contributed by atoms with Crippen LogP contribution in [0, 0.1) is 22.2 Å². The molecule has 0 unspecified atom stereocenters. The van der Waals surface area contributed by atoms with Crippen LogP contribution in [0.3, 0.4) is 0 Å². The van der Waals surface area contributed by atoms with Crippen LogP contribution in [-0.2, 0) is 20.7 Å². The molecule has 0 radical (unpaired) electrons. The number of ether oxygens (including phenoxy) is 1. The summed E-state index contributed by atoms with van der Waals surface area (Å²) >= 11 is 0. The number of nitrogens with zero attached hydrogens (tertiary/aromatic N) is 1. The van der Waals surface area contributed by atoms with Gasteiger partial charge >= 0.3 is 5.97 Å². The molecule has 0 aliphatic heterocycles. The van der Waals surface area contributed by atoms with Crippen molar-refractivity contribution >= 4 is 11.8 Å². The Balaban J connectivity index is 3.28. The number of hydrogen-bond acceptors (Lipinski definition) is 4. The fraction of sp³-hybridized carbons (Fsp3) is 0.476. The minimum atomic E-state index is -1.55. The molecule has 134 valence electrons. The molecule has 0 aliphatic carbocycles. The molecule has 4 nitrogen and oxygen atoms in total. The molecule has 0 heterocycles. The fourth-order valence-electron chi connectivity index (χ4n) is 2.08. The molecule has 25 heavy (non-hydrogen) atoms. The molecular formula is C21H27NO3. The average molecular weight is 341 g/mol. The summed E-state index contributed by atoms with van der Waals surface area (Å²) in [6.07, 6.45) is 2.87. The number of hydrogen-bond donors (Lipinski definition) is 0. The summed E-state index contributed by atoms with van der Waals surface area (Å²) in [4.78, 5) is 25.0. The van der Waals surface area contributed by atoms with E-state index in [1.807, 2.05) is 30.3 Å². The second-order valence-corrected chi connectivity index (χ2v) is 8.20. The minimum Gasteiger partial charge on any atom is -0.459 e. The smallest absolute Gasteiger partial charge is 0.331 e. The van der Waals surface area contributed by atoms with Crippen LogP contribution < -0.4 is 0 Å². The molecule has 0 amide bonds. The van der Waals surface area contributed by atoms with Crippen molar-refractivity contribution in [1.29, 1.82) is 5.26 Å². The molecule has 0 saturated carbocycles. The second-order valence-electron chi connectivity index (χ2n) is 8.20. The minimum absolute atomic E-state index is 0.146. The zero-order valence-electron chi connectivity index (χ0n) is 15.9. The van der Waals surface area contributed by atoms with Crippen LogP contribution in [0.4, 0.5) is 0 Å². The van der Waals surface area contributed by atoms with Gasteiger partial charge < -0.3 is 4.74 Å². The first-order valence-electron chi connectivity index (χ1n) is 8.32. The Morgan fingerprint density at radius 2 is 1.64 bits per heavy atom. The summed E-state index contributed by atoms with van der Waals surface area (Å²) in [5, 5.41) is 9.81. The van der Waals surface area contributed by atoms with Crippen molar-refractivity contribution in [3.8, 4) is 6.07 Å². The van der Waals surface area contributed by atoms with Gasteiger partial charge in [-0.2, -0.15) is 5.26 Å². The lowest BCUT2D eigenvalue weighted by Gasteiger charge is -2.27. The molecule has 1 rings (SSSR count). The summed E-state index contributed by atoms with van der Waals surface area (Å²) < 4.78 is 5.46. The first kappa shape index (κ1) is 20.6. The lowest BCUT2D eigenvalue weighted by atomic mass is 9.80. The molecule has 0 N–H and O–H groups in total. The van der Waals surface area contributed by atoms with Crippen LogP contribution in [0.15, 0.2) is 42.5 Å². The Kier molecular flexibility index (Phi) is 6.31. The number of carbonyl (C=O) groups excluding carboxylic acids is 2. The van der Waals surface area contributed by atoms with E-state index in [0.29, 0.717) is 0 Å². The molecule has 0 aromatic heterocycles. The van der Waals surface area contributed by atoms with Crippen LogP contribution in [0.25, 0.3) is 0 Å². The van der Waals surface area contributed by atoms with Gasteiger partial charge in [0.2, 0.25) is 0 Å². The van der Waals surface area contributed by atoms with E-state index >= 15 is 0 Å². The van der Waals surface area contributed by atoms with Gasteiger partial charge in [0.05, 0.1) is 6.07 Å². The van der Waals surface area contributed by atoms with Crippen molar-refractivity contribution in [2.45, 2.75) is 53.6 Å². The maximum Gasteiger partial charge on any atom is 0.331 e. The number of benzene rings is 1. The predicted molar refractivity (Wildman–Crippen MR) is 97.6 cm³/mol. The molecule has 0 bridgehead atoms. The SMILES string of the molecule is CC(C)(C)OC(=O)[C@](C#N)(/C=C/C(=O)C(C)(C)C)Cc1ccccc1. The molecule has 0 saturated heterocycles. The highest BCUT2D eigenvalue weighted by atomic mass is 16.6. The normalized spacial score (nSPS) is 14.6. The van der Waals surface area contributed by atoms with E-state index in [9.17, 15) is 14.9 Å². The van der Waals surface area contributed by atoms with Gasteiger partial charge in [0.1, 0.15) is 5.60 Å². The van der Waals surface area contributed by atoms with Gasteiger partial charge in [-0.25, -0.2) is 4.79 Å². The van der Waals surface area contributed by atoms with E-state index in [2.05, 4.69) is 6.07 Å². The fourth-order valence-corrected chi connectivity index (χ4v) is 2.08. The van der Waals surface area contributed by atoms with Gasteiger partial charge in [-0.05, 0) is 38.5 Å². The third-order valence-corrected chi connectivity index (χ3v) is 3.55. The van der Waals surface area contributed by atoms with Crippen LogP contribution in [0.5, 0.6) is 0 Å². The number of esters is 1. The number of rotatable bonds is 5. The molecule has 1 atom stereocenters. The maximum atomic E-state index is 12.8. The van der Waals surface area contributed by atoms with Crippen LogP contribution in [-0.4, -0.2) is 17.4 Å². The summed E-state index contributed by atoms with van der Waals surface area (Å²) in [6.45, 7) is 10.6. The van der Waals surface area contributed by atoms with Crippen molar-refractivity contribution < 1.29 is 14.3 Å². The molecule has 4 heteroatoms. The third-order valence-electron chi connectivity index (χ3n) is 3.55. The van der Waals surface area contributed by atoms with Crippen LogP contribution in [0.2, 0.25) is 0 Å². The average Bonchev–Trinajstić information content (AvgIpc) is 2.49. The zero-order valence-corrected chi connectivity index (χ0v) is 15.9. The standard InChI is InChI=1S/C21H27NO3/c1-19(2,3)17(23)12-13-21(15-22,18(24)25-20(4,5)6)14-16-10-8-7-9-11-16/h7-13H,14H2,1-6H3/b13-12+/t21-/m1/s1. The van der Waals surface area contributed by atoms with Crippen molar-refractivity contribution in [2.75, 3.05) is 0 Å². The molecule has 0 aliphatic rings. The van der Waals surface area contributed by atoms with Crippen LogP contribution >= 0.6 is 0 Å². The predicted octanol–water partition coefficient (Wildman–Crippen LogP) is 4.25. The highest BCUT2D eigenvalue weighted by Gasteiger charge is 2.40. The third kappa shape index (κ3) is 6.19. The van der Waals surface area contributed by atoms with E-state index in [-0.39, 0.29) is 12.2 Å². The van der Waals surface area contributed by atoms with E-state index in [1.54, 1.807) is 41.5 Å². The summed E-state index contributed by atoms with van der Waals surface area (Å²) in [7, 11) is 0. The molecule has 1 aromatic carbocycles. The highest BCUT2D eigenvalue weighted by molar-refractivity contribution is 5.95. The first-order valence-corrected chi connectivity index (χ1v) is 8.32. The first-order chi connectivity index (χ1) is 11.4. The number of ketones is 1. The van der Waals surface area contributed by atoms with Crippen molar-refractivity contribution in [1.82, 2.24) is 0 Å². The lowest BCUT2D eigenvalue weighted by molar-refractivity contribution is -0.161. The Morgan fingerprint density at radius 3 is 2.08 bits per heavy atom.